The quantitative estimate of drug-likeness (QED) is 0.510. The predicted molar refractivity (Wildman–Crippen MR) is 126 cm³/mol. The summed E-state index contributed by atoms with van der Waals surface area (Å²) in [7, 11) is 3.18. The Bertz CT molecular complexity index is 1360. The van der Waals surface area contributed by atoms with Crippen LogP contribution in [0.25, 0.3) is 0 Å². The van der Waals surface area contributed by atoms with Crippen molar-refractivity contribution in [1.29, 1.82) is 0 Å². The number of hydrogen-bond donors (Lipinski definition) is 0. The molecule has 0 unspecified atom stereocenters. The van der Waals surface area contributed by atoms with E-state index in [2.05, 4.69) is 0 Å². The highest BCUT2D eigenvalue weighted by molar-refractivity contribution is 6.13. The smallest absolute Gasteiger partial charge is 0.315 e. The van der Waals surface area contributed by atoms with Crippen LogP contribution >= 0.6 is 0 Å². The molecule has 4 atom stereocenters. The van der Waals surface area contributed by atoms with Gasteiger partial charge in [0.1, 0.15) is 17.1 Å². The van der Waals surface area contributed by atoms with Gasteiger partial charge in [-0.2, -0.15) is 0 Å². The van der Waals surface area contributed by atoms with Crippen LogP contribution in [-0.4, -0.2) is 26.0 Å². The Labute approximate surface area is 198 Å². The van der Waals surface area contributed by atoms with Gasteiger partial charge in [0.15, 0.2) is 5.78 Å². The minimum absolute atomic E-state index is 0.0616. The van der Waals surface area contributed by atoms with Crippen LogP contribution in [0.2, 0.25) is 0 Å². The summed E-state index contributed by atoms with van der Waals surface area (Å²) in [5.41, 5.74) is 0.861. The second-order valence-corrected chi connectivity index (χ2v) is 9.50. The van der Waals surface area contributed by atoms with Crippen LogP contribution in [0.15, 0.2) is 66.7 Å². The van der Waals surface area contributed by atoms with Gasteiger partial charge in [0, 0.05) is 22.8 Å². The summed E-state index contributed by atoms with van der Waals surface area (Å²) in [5, 5.41) is 0. The summed E-state index contributed by atoms with van der Waals surface area (Å²) in [6.07, 6.45) is 0.463. The molecule has 0 N–H and O–H groups in total. The fourth-order valence-corrected chi connectivity index (χ4v) is 7.45. The van der Waals surface area contributed by atoms with Gasteiger partial charge in [-0.15, -0.1) is 0 Å². The van der Waals surface area contributed by atoms with Crippen LogP contribution in [0.5, 0.6) is 11.5 Å². The molecule has 4 aliphatic rings. The molecule has 0 aromatic heterocycles. The summed E-state index contributed by atoms with van der Waals surface area (Å²) in [5.74, 6) is -0.0371. The van der Waals surface area contributed by atoms with Crippen molar-refractivity contribution < 1.29 is 23.8 Å². The Hall–Kier alpha value is -3.60. The SMILES string of the molecule is CC[C@]12C(=O)c3cc(OC)cc(OC)c3[C@@]1(c1ccccc1)[C@]1(C)OC(=O)[C@H]2c2ccccc21. The Balaban J connectivity index is 1.88. The van der Waals surface area contributed by atoms with Gasteiger partial charge >= 0.3 is 5.97 Å². The first-order chi connectivity index (χ1) is 16.4. The molecule has 0 radical (unpaired) electrons. The lowest BCUT2D eigenvalue weighted by Gasteiger charge is -2.64. The number of carbonyl (C=O) groups excluding carboxylic acids is 2. The number of esters is 1. The second kappa shape index (κ2) is 6.72. The topological polar surface area (TPSA) is 61.8 Å². The third kappa shape index (κ3) is 1.99. The maximum absolute atomic E-state index is 14.7. The maximum Gasteiger partial charge on any atom is 0.315 e. The molecule has 2 aliphatic carbocycles. The minimum Gasteiger partial charge on any atom is -0.497 e. The highest BCUT2D eigenvalue weighted by Gasteiger charge is 2.81. The van der Waals surface area contributed by atoms with E-state index in [9.17, 15) is 9.59 Å². The number of benzene rings is 3. The summed E-state index contributed by atoms with van der Waals surface area (Å²) >= 11 is 0. The van der Waals surface area contributed by atoms with Crippen LogP contribution in [-0.2, 0) is 20.5 Å². The highest BCUT2D eigenvalue weighted by atomic mass is 16.6. The average molecular weight is 455 g/mol. The van der Waals surface area contributed by atoms with Crippen molar-refractivity contribution in [2.75, 3.05) is 14.2 Å². The van der Waals surface area contributed by atoms with Gasteiger partial charge in [0.25, 0.3) is 0 Å². The van der Waals surface area contributed by atoms with Gasteiger partial charge in [0.2, 0.25) is 0 Å². The van der Waals surface area contributed by atoms with E-state index in [-0.39, 0.29) is 11.8 Å². The van der Waals surface area contributed by atoms with E-state index in [0.29, 0.717) is 23.5 Å². The molecule has 3 aromatic carbocycles. The Morgan fingerprint density at radius 2 is 1.65 bits per heavy atom. The number of ether oxygens (including phenoxy) is 3. The summed E-state index contributed by atoms with van der Waals surface area (Å²) < 4.78 is 17.8. The molecule has 34 heavy (non-hydrogen) atoms. The molecule has 0 spiro atoms. The van der Waals surface area contributed by atoms with Crippen molar-refractivity contribution in [2.24, 2.45) is 5.41 Å². The van der Waals surface area contributed by atoms with Crippen molar-refractivity contribution in [2.45, 2.75) is 37.2 Å². The Morgan fingerprint density at radius 1 is 0.941 bits per heavy atom. The van der Waals surface area contributed by atoms with Gasteiger partial charge in [-0.05, 0) is 30.5 Å². The number of fused-ring (bicyclic) bond motifs is 2. The molecule has 2 bridgehead atoms. The first-order valence-electron chi connectivity index (χ1n) is 11.6. The van der Waals surface area contributed by atoms with E-state index >= 15 is 0 Å². The molecular formula is C29H26O5. The number of Topliss-reactive ketones (excluding diaryl/α,β-unsaturated/α-hetero) is 1. The van der Waals surface area contributed by atoms with Gasteiger partial charge < -0.3 is 14.2 Å². The second-order valence-electron chi connectivity index (χ2n) is 9.50. The lowest BCUT2D eigenvalue weighted by molar-refractivity contribution is -0.204. The van der Waals surface area contributed by atoms with Crippen molar-refractivity contribution >= 4 is 11.8 Å². The minimum atomic E-state index is -1.13. The van der Waals surface area contributed by atoms with Crippen LogP contribution in [0.3, 0.4) is 0 Å². The zero-order chi connectivity index (χ0) is 23.9. The predicted octanol–water partition coefficient (Wildman–Crippen LogP) is 5.15. The molecule has 1 fully saturated rings. The van der Waals surface area contributed by atoms with Crippen LogP contribution < -0.4 is 9.47 Å². The molecule has 7 rings (SSSR count). The van der Waals surface area contributed by atoms with E-state index in [4.69, 9.17) is 14.2 Å². The fourth-order valence-electron chi connectivity index (χ4n) is 7.45. The van der Waals surface area contributed by atoms with Crippen molar-refractivity contribution in [1.82, 2.24) is 0 Å². The molecule has 5 heteroatoms. The van der Waals surface area contributed by atoms with E-state index in [1.54, 1.807) is 20.3 Å². The number of rotatable bonds is 4. The third-order valence-corrected chi connectivity index (χ3v) is 8.52. The number of methoxy groups -OCH3 is 2. The third-order valence-electron chi connectivity index (χ3n) is 8.52. The van der Waals surface area contributed by atoms with Gasteiger partial charge in [-0.1, -0.05) is 61.5 Å². The molecule has 2 heterocycles. The molecule has 2 aliphatic heterocycles. The molecule has 5 nitrogen and oxygen atoms in total. The molecule has 172 valence electrons. The molecule has 3 aromatic rings. The number of carbonyl (C=O) groups is 2. The number of hydrogen-bond acceptors (Lipinski definition) is 5. The van der Waals surface area contributed by atoms with E-state index in [1.807, 2.05) is 74.5 Å². The lowest BCUT2D eigenvalue weighted by atomic mass is 9.40. The normalized spacial score (nSPS) is 30.3. The standard InChI is InChI=1S/C29H26O5/c1-5-28-24-19-13-9-10-14-21(19)27(2,34-26(24)31)29(28,17-11-7-6-8-12-17)23-20(25(28)30)15-18(32-3)16-22(23)33-4/h6-16,24H,5H2,1-4H3/t24-,27-,28+,29+/m1/s1. The average Bonchev–Trinajstić information content (AvgIpc) is 3.11. The first kappa shape index (κ1) is 21.0. The Morgan fingerprint density at radius 3 is 2.32 bits per heavy atom. The molecule has 0 saturated carbocycles. The van der Waals surface area contributed by atoms with Crippen molar-refractivity contribution in [3.63, 3.8) is 0 Å². The molecule has 0 amide bonds. The van der Waals surface area contributed by atoms with Gasteiger partial charge in [-0.25, -0.2) is 0 Å². The van der Waals surface area contributed by atoms with Crippen LogP contribution in [0.1, 0.15) is 58.8 Å². The zero-order valence-electron chi connectivity index (χ0n) is 19.7. The number of ketones is 1. The van der Waals surface area contributed by atoms with Crippen LogP contribution in [0, 0.1) is 5.41 Å². The van der Waals surface area contributed by atoms with Crippen molar-refractivity contribution in [3.05, 3.63) is 94.5 Å². The van der Waals surface area contributed by atoms with Gasteiger partial charge in [-0.3, -0.25) is 9.59 Å². The molecular weight excluding hydrogens is 428 g/mol. The highest BCUT2D eigenvalue weighted by Crippen LogP contribution is 2.77. The first-order valence-corrected chi connectivity index (χ1v) is 11.6. The monoisotopic (exact) mass is 454 g/mol. The molecule has 1 saturated heterocycles. The van der Waals surface area contributed by atoms with E-state index in [1.165, 1.54) is 0 Å². The zero-order valence-corrected chi connectivity index (χ0v) is 19.7. The van der Waals surface area contributed by atoms with E-state index in [0.717, 1.165) is 22.3 Å². The summed E-state index contributed by atoms with van der Waals surface area (Å²) in [6, 6.07) is 21.5. The largest absolute Gasteiger partial charge is 0.497 e. The fraction of sp³-hybridized carbons (Fsp3) is 0.310. The summed E-state index contributed by atoms with van der Waals surface area (Å²) in [4.78, 5) is 28.3. The van der Waals surface area contributed by atoms with Gasteiger partial charge in [0.05, 0.1) is 31.0 Å². The van der Waals surface area contributed by atoms with E-state index < -0.39 is 22.3 Å². The maximum atomic E-state index is 14.7. The Kier molecular flexibility index (Phi) is 4.14. The van der Waals surface area contributed by atoms with Crippen LogP contribution in [0.4, 0.5) is 0 Å². The van der Waals surface area contributed by atoms with Crippen molar-refractivity contribution in [3.8, 4) is 11.5 Å². The summed E-state index contributed by atoms with van der Waals surface area (Å²) in [6.45, 7) is 3.97. The lowest BCUT2D eigenvalue weighted by Crippen LogP contribution is -2.70.